The number of fused-ring (bicyclic) bond motifs is 2. The van der Waals surface area contributed by atoms with Crippen LogP contribution in [0.3, 0.4) is 0 Å². The number of unbranched alkanes of at least 4 members (excludes halogenated alkanes) is 5. The second-order valence-electron chi connectivity index (χ2n) is 6.59. The van der Waals surface area contributed by atoms with E-state index in [1.54, 1.807) is 10.4 Å². The van der Waals surface area contributed by atoms with Gasteiger partial charge in [0.05, 0.1) is 0 Å². The van der Waals surface area contributed by atoms with Crippen LogP contribution in [-0.4, -0.2) is 15.8 Å². The predicted molar refractivity (Wildman–Crippen MR) is 104 cm³/mol. The molecule has 0 spiro atoms. The largest absolute Gasteiger partial charge is 0.345 e. The van der Waals surface area contributed by atoms with Gasteiger partial charge in [0.1, 0.15) is 8.80 Å². The molecule has 0 atom stereocenters. The maximum atomic E-state index is 2.38. The van der Waals surface area contributed by atoms with Crippen LogP contribution in [0.1, 0.15) is 45.4 Å². The zero-order valence-electron chi connectivity index (χ0n) is 14.5. The van der Waals surface area contributed by atoms with Gasteiger partial charge in [0.2, 0.25) is 0 Å². The summed E-state index contributed by atoms with van der Waals surface area (Å²) in [5.41, 5.74) is 2.84. The molecule has 3 rings (SSSR count). The van der Waals surface area contributed by atoms with Gasteiger partial charge < -0.3 is 4.90 Å². The molecule has 0 unspecified atom stereocenters. The van der Waals surface area contributed by atoms with Crippen LogP contribution in [0.4, 0.5) is 11.4 Å². The Morgan fingerprint density at radius 2 is 1.26 bits per heavy atom. The van der Waals surface area contributed by atoms with Crippen LogP contribution in [0.25, 0.3) is 0 Å². The fraction of sp³-hybridized carbons (Fsp3) is 0.429. The van der Waals surface area contributed by atoms with Crippen LogP contribution in [0.5, 0.6) is 0 Å². The first-order chi connectivity index (χ1) is 11.3. The third kappa shape index (κ3) is 3.53. The van der Waals surface area contributed by atoms with E-state index in [9.17, 15) is 0 Å². The van der Waals surface area contributed by atoms with Crippen LogP contribution in [0.2, 0.25) is 6.04 Å². The van der Waals surface area contributed by atoms with E-state index in [1.165, 1.54) is 55.9 Å². The standard InChI is InChI=1S/C21H28NSi/c1-3-4-5-6-7-12-17-23-20-15-10-8-13-18(20)22(2)19-14-9-11-16-21(19)23/h8-11,13-16H,3-7,12,17H2,1-2H3. The summed E-state index contributed by atoms with van der Waals surface area (Å²) in [7, 11) is 1.58. The van der Waals surface area contributed by atoms with Crippen LogP contribution >= 0.6 is 0 Å². The summed E-state index contributed by atoms with van der Waals surface area (Å²) in [4.78, 5) is 2.38. The van der Waals surface area contributed by atoms with Crippen molar-refractivity contribution in [3.05, 3.63) is 48.5 Å². The lowest BCUT2D eigenvalue weighted by atomic mass is 10.1. The van der Waals surface area contributed by atoms with E-state index in [1.807, 2.05) is 0 Å². The first kappa shape index (κ1) is 16.3. The normalized spacial score (nSPS) is 13.7. The van der Waals surface area contributed by atoms with Gasteiger partial charge in [-0.2, -0.15) is 0 Å². The van der Waals surface area contributed by atoms with Gasteiger partial charge in [-0.15, -0.1) is 0 Å². The molecule has 1 heterocycles. The predicted octanol–water partition coefficient (Wildman–Crippen LogP) is 4.74. The van der Waals surface area contributed by atoms with Gasteiger partial charge in [-0.05, 0) is 22.5 Å². The third-order valence-electron chi connectivity index (χ3n) is 4.96. The van der Waals surface area contributed by atoms with Crippen molar-refractivity contribution in [1.82, 2.24) is 0 Å². The van der Waals surface area contributed by atoms with Gasteiger partial charge in [0.15, 0.2) is 0 Å². The molecule has 1 radical (unpaired) electrons. The SMILES string of the molecule is CCCCCCCC[Si]1c2ccccc2N(C)c2ccccc21. The van der Waals surface area contributed by atoms with E-state index >= 15 is 0 Å². The van der Waals surface area contributed by atoms with E-state index in [4.69, 9.17) is 0 Å². The molecule has 0 amide bonds. The number of anilines is 2. The first-order valence-electron chi connectivity index (χ1n) is 9.11. The topological polar surface area (TPSA) is 3.24 Å². The Bertz CT molecular complexity index is 590. The molecule has 121 valence electrons. The molecule has 2 heteroatoms. The Balaban J connectivity index is 1.76. The highest BCUT2D eigenvalue weighted by atomic mass is 28.3. The second-order valence-corrected chi connectivity index (χ2v) is 9.12. The molecule has 0 aromatic heterocycles. The zero-order valence-corrected chi connectivity index (χ0v) is 15.5. The molecule has 0 bridgehead atoms. The highest BCUT2D eigenvalue weighted by Crippen LogP contribution is 2.27. The molecule has 1 aliphatic heterocycles. The Morgan fingerprint density at radius 3 is 1.87 bits per heavy atom. The molecule has 0 saturated heterocycles. The highest BCUT2D eigenvalue weighted by Gasteiger charge is 2.29. The van der Waals surface area contributed by atoms with E-state index in [2.05, 4.69) is 67.4 Å². The summed E-state index contributed by atoms with van der Waals surface area (Å²) in [5, 5.41) is 3.21. The lowest BCUT2D eigenvalue weighted by molar-refractivity contribution is 0.624. The minimum absolute atomic E-state index is 0.628. The summed E-state index contributed by atoms with van der Waals surface area (Å²) in [6, 6.07) is 19.5. The van der Waals surface area contributed by atoms with Crippen molar-refractivity contribution in [2.45, 2.75) is 51.5 Å². The van der Waals surface area contributed by atoms with Crippen LogP contribution in [-0.2, 0) is 0 Å². The van der Waals surface area contributed by atoms with Crippen molar-refractivity contribution in [3.8, 4) is 0 Å². The molecular weight excluding hydrogens is 294 g/mol. The minimum atomic E-state index is -0.628. The van der Waals surface area contributed by atoms with Gasteiger partial charge in [0, 0.05) is 18.4 Å². The van der Waals surface area contributed by atoms with Crippen molar-refractivity contribution in [2.75, 3.05) is 11.9 Å². The van der Waals surface area contributed by atoms with Gasteiger partial charge in [0.25, 0.3) is 0 Å². The molecule has 0 saturated carbocycles. The van der Waals surface area contributed by atoms with E-state index in [0.717, 1.165) is 0 Å². The van der Waals surface area contributed by atoms with Gasteiger partial charge in [-0.25, -0.2) is 0 Å². The average Bonchev–Trinajstić information content (AvgIpc) is 2.60. The molecule has 1 aliphatic rings. The van der Waals surface area contributed by atoms with Crippen molar-refractivity contribution < 1.29 is 0 Å². The van der Waals surface area contributed by atoms with Gasteiger partial charge in [-0.1, -0.05) is 87.9 Å². The number of rotatable bonds is 7. The molecular formula is C21H28NSi. The lowest BCUT2D eigenvalue weighted by Crippen LogP contribution is -2.49. The smallest absolute Gasteiger partial charge is 0.126 e. The minimum Gasteiger partial charge on any atom is -0.345 e. The third-order valence-corrected chi connectivity index (χ3v) is 7.96. The number of hydrogen-bond donors (Lipinski definition) is 0. The van der Waals surface area contributed by atoms with Crippen molar-refractivity contribution in [3.63, 3.8) is 0 Å². The summed E-state index contributed by atoms with van der Waals surface area (Å²) in [5.74, 6) is 0. The molecule has 1 nitrogen and oxygen atoms in total. The van der Waals surface area contributed by atoms with E-state index < -0.39 is 8.80 Å². The maximum absolute atomic E-state index is 2.38. The summed E-state index contributed by atoms with van der Waals surface area (Å²) < 4.78 is 0. The van der Waals surface area contributed by atoms with Gasteiger partial charge in [-0.3, -0.25) is 0 Å². The zero-order chi connectivity index (χ0) is 16.1. The number of benzene rings is 2. The second kappa shape index (κ2) is 7.83. The number of hydrogen-bond acceptors (Lipinski definition) is 1. The molecule has 0 fully saturated rings. The summed E-state index contributed by atoms with van der Waals surface area (Å²) in [6.45, 7) is 2.29. The Labute approximate surface area is 143 Å². The van der Waals surface area contributed by atoms with Crippen molar-refractivity contribution >= 4 is 30.5 Å². The Morgan fingerprint density at radius 1 is 0.739 bits per heavy atom. The molecule has 0 N–H and O–H groups in total. The summed E-state index contributed by atoms with van der Waals surface area (Å²) in [6.07, 6.45) is 8.33. The van der Waals surface area contributed by atoms with Crippen LogP contribution in [0.15, 0.2) is 48.5 Å². The lowest BCUT2D eigenvalue weighted by Gasteiger charge is -2.34. The van der Waals surface area contributed by atoms with Crippen LogP contribution in [0, 0.1) is 0 Å². The average molecular weight is 323 g/mol. The Hall–Kier alpha value is -1.54. The van der Waals surface area contributed by atoms with Gasteiger partial charge >= 0.3 is 0 Å². The quantitative estimate of drug-likeness (QED) is 0.526. The molecule has 0 aliphatic carbocycles. The fourth-order valence-corrected chi connectivity index (χ4v) is 6.82. The van der Waals surface area contributed by atoms with Crippen LogP contribution < -0.4 is 15.3 Å². The summed E-state index contributed by atoms with van der Waals surface area (Å²) >= 11 is 0. The molecule has 2 aromatic rings. The molecule has 23 heavy (non-hydrogen) atoms. The number of para-hydroxylation sites is 2. The number of nitrogens with zero attached hydrogens (tertiary/aromatic N) is 1. The monoisotopic (exact) mass is 322 g/mol. The van der Waals surface area contributed by atoms with E-state index in [-0.39, 0.29) is 0 Å². The first-order valence-corrected chi connectivity index (χ1v) is 10.8. The van der Waals surface area contributed by atoms with Crippen molar-refractivity contribution in [2.24, 2.45) is 0 Å². The Kier molecular flexibility index (Phi) is 5.55. The molecule has 2 aromatic carbocycles. The van der Waals surface area contributed by atoms with E-state index in [0.29, 0.717) is 0 Å². The maximum Gasteiger partial charge on any atom is 0.126 e. The van der Waals surface area contributed by atoms with Crippen molar-refractivity contribution in [1.29, 1.82) is 0 Å². The highest BCUT2D eigenvalue weighted by molar-refractivity contribution is 6.88. The fourth-order valence-electron chi connectivity index (χ4n) is 3.67.